The molecule has 1 amide bonds. The van der Waals surface area contributed by atoms with Crippen molar-refractivity contribution in [2.24, 2.45) is 7.05 Å². The van der Waals surface area contributed by atoms with E-state index in [0.717, 1.165) is 0 Å². The van der Waals surface area contributed by atoms with Crippen LogP contribution in [0.4, 0.5) is 10.1 Å². The van der Waals surface area contributed by atoms with Crippen molar-refractivity contribution in [3.05, 3.63) is 35.9 Å². The first-order valence-electron chi connectivity index (χ1n) is 6.05. The Morgan fingerprint density at radius 1 is 1.50 bits per heavy atom. The van der Waals surface area contributed by atoms with Crippen LogP contribution >= 0.6 is 11.8 Å². The predicted molar refractivity (Wildman–Crippen MR) is 76.1 cm³/mol. The van der Waals surface area contributed by atoms with E-state index in [1.807, 2.05) is 7.05 Å². The molecular formula is C13H15FN4OS. The van der Waals surface area contributed by atoms with Crippen LogP contribution in [0.1, 0.15) is 12.5 Å². The molecule has 0 radical (unpaired) electrons. The number of nitrogens with zero attached hydrogens (tertiary/aromatic N) is 3. The number of aryl methyl sites for hydroxylation is 2. The zero-order chi connectivity index (χ0) is 14.7. The molecule has 0 aliphatic heterocycles. The molecule has 0 saturated carbocycles. The highest BCUT2D eigenvalue weighted by atomic mass is 32.2. The highest BCUT2D eigenvalue weighted by Gasteiger charge is 2.17. The Labute approximate surface area is 120 Å². The summed E-state index contributed by atoms with van der Waals surface area (Å²) in [5, 5.41) is 10.6. The number of carbonyl (C=O) groups excluding carboxylic acids is 1. The third-order valence-electron chi connectivity index (χ3n) is 2.76. The number of halogens is 1. The van der Waals surface area contributed by atoms with Crippen molar-refractivity contribution in [2.45, 2.75) is 24.3 Å². The lowest BCUT2D eigenvalue weighted by atomic mass is 10.2. The maximum Gasteiger partial charge on any atom is 0.237 e. The molecule has 106 valence electrons. The number of thioether (sulfide) groups is 1. The quantitative estimate of drug-likeness (QED) is 0.880. The molecule has 1 heterocycles. The Hall–Kier alpha value is -1.89. The summed E-state index contributed by atoms with van der Waals surface area (Å²) >= 11 is 1.30. The molecule has 7 heteroatoms. The van der Waals surface area contributed by atoms with Gasteiger partial charge in [-0.2, -0.15) is 0 Å². The molecule has 0 fully saturated rings. The summed E-state index contributed by atoms with van der Waals surface area (Å²) in [6, 6.07) is 4.62. The van der Waals surface area contributed by atoms with Crippen molar-refractivity contribution in [3.8, 4) is 0 Å². The van der Waals surface area contributed by atoms with E-state index in [2.05, 4.69) is 15.5 Å². The van der Waals surface area contributed by atoms with Crippen molar-refractivity contribution >= 4 is 23.4 Å². The van der Waals surface area contributed by atoms with Gasteiger partial charge < -0.3 is 9.88 Å². The molecule has 5 nitrogen and oxygen atoms in total. The van der Waals surface area contributed by atoms with Crippen LogP contribution in [0, 0.1) is 12.7 Å². The molecule has 0 aliphatic rings. The lowest BCUT2D eigenvalue weighted by Gasteiger charge is -2.11. The molecule has 2 rings (SSSR count). The maximum atomic E-state index is 13.4. The highest BCUT2D eigenvalue weighted by Crippen LogP contribution is 2.22. The van der Waals surface area contributed by atoms with Gasteiger partial charge in [0.25, 0.3) is 0 Å². The van der Waals surface area contributed by atoms with Gasteiger partial charge in [-0.05, 0) is 31.5 Å². The minimum Gasteiger partial charge on any atom is -0.325 e. The number of nitrogens with one attached hydrogen (secondary N) is 1. The van der Waals surface area contributed by atoms with Gasteiger partial charge in [0.05, 0.1) is 5.25 Å². The zero-order valence-corrected chi connectivity index (χ0v) is 12.2. The number of carbonyl (C=O) groups is 1. The topological polar surface area (TPSA) is 59.8 Å². The van der Waals surface area contributed by atoms with E-state index in [4.69, 9.17) is 0 Å². The van der Waals surface area contributed by atoms with Crippen LogP contribution < -0.4 is 5.32 Å². The first kappa shape index (κ1) is 14.5. The molecule has 1 aromatic heterocycles. The SMILES string of the molecule is Cc1ccc(NC(=O)C(C)Sc2nncn2C)cc1F. The van der Waals surface area contributed by atoms with E-state index >= 15 is 0 Å². The summed E-state index contributed by atoms with van der Waals surface area (Å²) < 4.78 is 15.1. The average molecular weight is 294 g/mol. The van der Waals surface area contributed by atoms with Crippen molar-refractivity contribution in [3.63, 3.8) is 0 Å². The van der Waals surface area contributed by atoms with Gasteiger partial charge in [0.1, 0.15) is 12.1 Å². The molecule has 0 saturated heterocycles. The number of hydrogen-bond donors (Lipinski definition) is 1. The Morgan fingerprint density at radius 2 is 2.25 bits per heavy atom. The van der Waals surface area contributed by atoms with Crippen LogP contribution in [-0.4, -0.2) is 25.9 Å². The van der Waals surface area contributed by atoms with E-state index in [1.165, 1.54) is 17.8 Å². The molecule has 0 aliphatic carbocycles. The van der Waals surface area contributed by atoms with E-state index < -0.39 is 0 Å². The van der Waals surface area contributed by atoms with Gasteiger partial charge >= 0.3 is 0 Å². The summed E-state index contributed by atoms with van der Waals surface area (Å²) in [5.74, 6) is -0.544. The molecule has 1 unspecified atom stereocenters. The van der Waals surface area contributed by atoms with Gasteiger partial charge in [-0.15, -0.1) is 10.2 Å². The van der Waals surface area contributed by atoms with Crippen LogP contribution in [0.2, 0.25) is 0 Å². The van der Waals surface area contributed by atoms with Crippen molar-refractivity contribution < 1.29 is 9.18 Å². The van der Waals surface area contributed by atoms with Gasteiger partial charge in [0.15, 0.2) is 5.16 Å². The van der Waals surface area contributed by atoms with Crippen LogP contribution in [0.25, 0.3) is 0 Å². The van der Waals surface area contributed by atoms with E-state index in [9.17, 15) is 9.18 Å². The number of amides is 1. The predicted octanol–water partition coefficient (Wildman–Crippen LogP) is 2.38. The fraction of sp³-hybridized carbons (Fsp3) is 0.308. The third kappa shape index (κ3) is 3.36. The average Bonchev–Trinajstić information content (AvgIpc) is 2.79. The Kier molecular flexibility index (Phi) is 4.39. The molecule has 20 heavy (non-hydrogen) atoms. The first-order chi connectivity index (χ1) is 9.47. The lowest BCUT2D eigenvalue weighted by molar-refractivity contribution is -0.115. The fourth-order valence-corrected chi connectivity index (χ4v) is 2.30. The number of benzene rings is 1. The molecule has 1 aromatic carbocycles. The number of anilines is 1. The van der Waals surface area contributed by atoms with E-state index in [0.29, 0.717) is 16.4 Å². The zero-order valence-electron chi connectivity index (χ0n) is 11.4. The van der Waals surface area contributed by atoms with Gasteiger partial charge in [-0.25, -0.2) is 4.39 Å². The Balaban J connectivity index is 2.00. The fourth-order valence-electron chi connectivity index (χ4n) is 1.51. The molecule has 1 N–H and O–H groups in total. The van der Waals surface area contributed by atoms with Gasteiger partial charge in [-0.1, -0.05) is 17.8 Å². The highest BCUT2D eigenvalue weighted by molar-refractivity contribution is 8.00. The van der Waals surface area contributed by atoms with Crippen LogP contribution in [-0.2, 0) is 11.8 Å². The summed E-state index contributed by atoms with van der Waals surface area (Å²) in [4.78, 5) is 12.0. The van der Waals surface area contributed by atoms with Crippen molar-refractivity contribution in [2.75, 3.05) is 5.32 Å². The number of hydrogen-bond acceptors (Lipinski definition) is 4. The smallest absolute Gasteiger partial charge is 0.237 e. The molecular weight excluding hydrogens is 279 g/mol. The normalized spacial score (nSPS) is 12.2. The molecule has 0 bridgehead atoms. The third-order valence-corrected chi connectivity index (χ3v) is 3.91. The van der Waals surface area contributed by atoms with E-state index in [1.54, 1.807) is 36.9 Å². The van der Waals surface area contributed by atoms with Crippen molar-refractivity contribution in [1.29, 1.82) is 0 Å². The summed E-state index contributed by atoms with van der Waals surface area (Å²) in [6.45, 7) is 3.44. The van der Waals surface area contributed by atoms with Gasteiger partial charge in [0, 0.05) is 12.7 Å². The monoisotopic (exact) mass is 294 g/mol. The van der Waals surface area contributed by atoms with Crippen LogP contribution in [0.15, 0.2) is 29.7 Å². The second-order valence-electron chi connectivity index (χ2n) is 4.44. The second-order valence-corrected chi connectivity index (χ2v) is 5.75. The summed E-state index contributed by atoms with van der Waals surface area (Å²) in [5.41, 5.74) is 0.994. The van der Waals surface area contributed by atoms with Crippen LogP contribution in [0.5, 0.6) is 0 Å². The minimum atomic E-state index is -0.359. The first-order valence-corrected chi connectivity index (χ1v) is 6.93. The Bertz CT molecular complexity index is 629. The second kappa shape index (κ2) is 6.04. The summed E-state index contributed by atoms with van der Waals surface area (Å²) in [6.07, 6.45) is 1.57. The van der Waals surface area contributed by atoms with E-state index in [-0.39, 0.29) is 17.0 Å². The standard InChI is InChI=1S/C13H15FN4OS/c1-8-4-5-10(6-11(8)14)16-12(19)9(2)20-13-17-15-7-18(13)3/h4-7,9H,1-3H3,(H,16,19). The maximum absolute atomic E-state index is 13.4. The lowest BCUT2D eigenvalue weighted by Crippen LogP contribution is -2.22. The van der Waals surface area contributed by atoms with Gasteiger partial charge in [0.2, 0.25) is 5.91 Å². The number of rotatable bonds is 4. The van der Waals surface area contributed by atoms with Crippen LogP contribution in [0.3, 0.4) is 0 Å². The molecule has 1 atom stereocenters. The minimum absolute atomic E-state index is 0.207. The largest absolute Gasteiger partial charge is 0.325 e. The summed E-state index contributed by atoms with van der Waals surface area (Å²) in [7, 11) is 1.81. The molecule has 0 spiro atoms. The Morgan fingerprint density at radius 3 is 2.85 bits per heavy atom. The van der Waals surface area contributed by atoms with Crippen molar-refractivity contribution in [1.82, 2.24) is 14.8 Å². The van der Waals surface area contributed by atoms with Gasteiger partial charge in [-0.3, -0.25) is 4.79 Å². The molecule has 2 aromatic rings. The number of aromatic nitrogens is 3.